The van der Waals surface area contributed by atoms with Crippen LogP contribution in [0.1, 0.15) is 0 Å². The Labute approximate surface area is 49.5 Å². The lowest BCUT2D eigenvalue weighted by atomic mass is 10.5. The van der Waals surface area contributed by atoms with E-state index in [2.05, 4.69) is 11.9 Å². The third-order valence-corrected chi connectivity index (χ3v) is 0.562. The Morgan fingerprint density at radius 1 is 1.62 bits per heavy atom. The van der Waals surface area contributed by atoms with Crippen molar-refractivity contribution in [3.05, 3.63) is 31.5 Å². The molecule has 0 aromatic rings. The molecule has 0 aromatic heterocycles. The summed E-state index contributed by atoms with van der Waals surface area (Å²) in [5.74, 6) is 0. The summed E-state index contributed by atoms with van der Waals surface area (Å²) < 4.78 is 0. The molecule has 0 aliphatic rings. The summed E-state index contributed by atoms with van der Waals surface area (Å²) in [6.45, 7) is 5.86. The molecule has 0 spiro atoms. The molecular formula is C6H10NO. The monoisotopic (exact) mass is 112 g/mol. The van der Waals surface area contributed by atoms with Crippen LogP contribution in [0.15, 0.2) is 25.0 Å². The van der Waals surface area contributed by atoms with Gasteiger partial charge in [-0.25, -0.2) is 0 Å². The Kier molecular flexibility index (Phi) is 5.65. The van der Waals surface area contributed by atoms with Crippen LogP contribution in [-0.2, 0) is 0 Å². The third kappa shape index (κ3) is 5.24. The zero-order valence-electron chi connectivity index (χ0n) is 4.67. The number of aliphatic hydroxyl groups is 1. The number of hydrogen-bond donors (Lipinski definition) is 2. The minimum atomic E-state index is 0.727. The van der Waals surface area contributed by atoms with E-state index >= 15 is 0 Å². The highest BCUT2D eigenvalue weighted by Crippen LogP contribution is 1.70. The van der Waals surface area contributed by atoms with Crippen molar-refractivity contribution in [3.8, 4) is 0 Å². The van der Waals surface area contributed by atoms with Crippen LogP contribution in [0.2, 0.25) is 0 Å². The summed E-state index contributed by atoms with van der Waals surface area (Å²) in [5, 5.41) is 10.9. The van der Waals surface area contributed by atoms with Crippen LogP contribution in [0.4, 0.5) is 0 Å². The van der Waals surface area contributed by atoms with E-state index in [0.29, 0.717) is 0 Å². The van der Waals surface area contributed by atoms with Crippen LogP contribution in [-0.4, -0.2) is 11.7 Å². The van der Waals surface area contributed by atoms with E-state index in [-0.39, 0.29) is 0 Å². The quantitative estimate of drug-likeness (QED) is 0.323. The number of aliphatic hydroxyl groups excluding tert-OH is 1. The van der Waals surface area contributed by atoms with Gasteiger partial charge in [-0.1, -0.05) is 6.08 Å². The summed E-state index contributed by atoms with van der Waals surface area (Å²) in [7, 11) is 0. The van der Waals surface area contributed by atoms with Crippen molar-refractivity contribution in [2.45, 2.75) is 0 Å². The largest absolute Gasteiger partial charge is 0.516 e. The molecule has 1 radical (unpaired) electrons. The van der Waals surface area contributed by atoms with Gasteiger partial charge in [0, 0.05) is 13.1 Å². The molecule has 0 aliphatic carbocycles. The molecule has 0 fully saturated rings. The zero-order valence-corrected chi connectivity index (χ0v) is 4.67. The van der Waals surface area contributed by atoms with Gasteiger partial charge in [0.1, 0.15) is 0 Å². The fourth-order valence-electron chi connectivity index (χ4n) is 0.262. The Hall–Kier alpha value is -0.760. The predicted molar refractivity (Wildman–Crippen MR) is 34.3 cm³/mol. The third-order valence-electron chi connectivity index (χ3n) is 0.562. The van der Waals surface area contributed by atoms with E-state index in [9.17, 15) is 0 Å². The van der Waals surface area contributed by atoms with Crippen molar-refractivity contribution < 1.29 is 5.11 Å². The molecule has 2 nitrogen and oxygen atoms in total. The fourth-order valence-corrected chi connectivity index (χ4v) is 0.262. The lowest BCUT2D eigenvalue weighted by molar-refractivity contribution is 0.472. The van der Waals surface area contributed by atoms with Gasteiger partial charge < -0.3 is 10.4 Å². The van der Waals surface area contributed by atoms with Gasteiger partial charge in [0.15, 0.2) is 0 Å². The molecular weight excluding hydrogens is 102 g/mol. The number of nitrogens with one attached hydrogen (secondary N) is 1. The lowest BCUT2D eigenvalue weighted by Crippen LogP contribution is -2.06. The summed E-state index contributed by atoms with van der Waals surface area (Å²) in [4.78, 5) is 0. The molecule has 8 heavy (non-hydrogen) atoms. The molecule has 0 amide bonds. The Balaban J connectivity index is 2.82. The van der Waals surface area contributed by atoms with Gasteiger partial charge in [-0.3, -0.25) is 0 Å². The van der Waals surface area contributed by atoms with Gasteiger partial charge in [0.25, 0.3) is 0 Å². The molecule has 2 heteroatoms. The van der Waals surface area contributed by atoms with Gasteiger partial charge in [0.2, 0.25) is 0 Å². The average Bonchev–Trinajstić information content (AvgIpc) is 1.81. The van der Waals surface area contributed by atoms with Crippen LogP contribution in [0.25, 0.3) is 0 Å². The van der Waals surface area contributed by atoms with E-state index in [0.717, 1.165) is 12.8 Å². The van der Waals surface area contributed by atoms with Crippen LogP contribution in [0.5, 0.6) is 0 Å². The predicted octanol–water partition coefficient (Wildman–Crippen LogP) is 0.995. The molecule has 0 atom stereocenters. The zero-order chi connectivity index (χ0) is 6.24. The van der Waals surface area contributed by atoms with E-state index in [1.807, 2.05) is 0 Å². The van der Waals surface area contributed by atoms with Crippen molar-refractivity contribution in [1.82, 2.24) is 5.32 Å². The van der Waals surface area contributed by atoms with E-state index < -0.39 is 0 Å². The molecule has 0 saturated heterocycles. The highest BCUT2D eigenvalue weighted by atomic mass is 16.2. The highest BCUT2D eigenvalue weighted by molar-refractivity contribution is 4.88. The molecule has 0 aromatic carbocycles. The van der Waals surface area contributed by atoms with Gasteiger partial charge in [0.05, 0.1) is 6.26 Å². The summed E-state index contributed by atoms with van der Waals surface area (Å²) >= 11 is 0. The minimum absolute atomic E-state index is 0.727. The first-order chi connectivity index (χ1) is 3.91. The van der Waals surface area contributed by atoms with E-state index in [4.69, 9.17) is 5.11 Å². The van der Waals surface area contributed by atoms with E-state index in [1.165, 1.54) is 6.08 Å². The average molecular weight is 112 g/mol. The maximum Gasteiger partial charge on any atom is 0.0768 e. The fraction of sp³-hybridized carbons (Fsp3) is 0.167. The molecule has 0 bridgehead atoms. The topological polar surface area (TPSA) is 32.3 Å². The van der Waals surface area contributed by atoms with Crippen molar-refractivity contribution in [2.75, 3.05) is 6.54 Å². The lowest BCUT2D eigenvalue weighted by Gasteiger charge is -1.89. The van der Waals surface area contributed by atoms with Crippen molar-refractivity contribution >= 4 is 0 Å². The Morgan fingerprint density at radius 2 is 2.38 bits per heavy atom. The number of hydrogen-bond acceptors (Lipinski definition) is 2. The Bertz CT molecular complexity index is 78.6. The van der Waals surface area contributed by atoms with Gasteiger partial charge in [-0.05, 0) is 6.08 Å². The van der Waals surface area contributed by atoms with Gasteiger partial charge in [-0.2, -0.15) is 0 Å². The van der Waals surface area contributed by atoms with Crippen molar-refractivity contribution in [2.24, 2.45) is 0 Å². The molecule has 0 heterocycles. The van der Waals surface area contributed by atoms with Crippen molar-refractivity contribution in [3.63, 3.8) is 0 Å². The van der Waals surface area contributed by atoms with Crippen LogP contribution < -0.4 is 5.32 Å². The summed E-state index contributed by atoms with van der Waals surface area (Å²) in [5.41, 5.74) is 0. The molecule has 0 unspecified atom stereocenters. The van der Waals surface area contributed by atoms with E-state index in [1.54, 1.807) is 12.6 Å². The standard InChI is InChI=1S/C6H10NO/c1-2-4-7-5-3-6-8/h2-3,5-8H,1,4H2. The maximum absolute atomic E-state index is 8.09. The maximum atomic E-state index is 8.09. The second-order valence-corrected chi connectivity index (χ2v) is 1.21. The van der Waals surface area contributed by atoms with Gasteiger partial charge >= 0.3 is 0 Å². The smallest absolute Gasteiger partial charge is 0.0768 e. The van der Waals surface area contributed by atoms with Crippen LogP contribution in [0, 0.1) is 6.54 Å². The molecule has 0 rings (SSSR count). The van der Waals surface area contributed by atoms with Crippen LogP contribution >= 0.6 is 0 Å². The summed E-state index contributed by atoms with van der Waals surface area (Å²) in [6, 6.07) is 0. The molecule has 0 aliphatic heterocycles. The Morgan fingerprint density at radius 3 is 2.88 bits per heavy atom. The summed E-state index contributed by atoms with van der Waals surface area (Å²) in [6.07, 6.45) is 4.21. The molecule has 45 valence electrons. The first-order valence-corrected chi connectivity index (χ1v) is 2.38. The highest BCUT2D eigenvalue weighted by Gasteiger charge is 1.73. The number of rotatable bonds is 4. The minimum Gasteiger partial charge on any atom is -0.516 e. The normalized spacial score (nSPS) is 10.0. The van der Waals surface area contributed by atoms with Gasteiger partial charge in [-0.15, -0.1) is 6.58 Å². The SMILES string of the molecule is C=CCN[CH]C=CO. The van der Waals surface area contributed by atoms with Crippen LogP contribution in [0.3, 0.4) is 0 Å². The first-order valence-electron chi connectivity index (χ1n) is 2.38. The first kappa shape index (κ1) is 7.24. The molecule has 0 saturated carbocycles. The molecule has 2 N–H and O–H groups in total. The van der Waals surface area contributed by atoms with Crippen molar-refractivity contribution in [1.29, 1.82) is 0 Å². The second-order valence-electron chi connectivity index (χ2n) is 1.21. The second kappa shape index (κ2) is 6.24.